The highest BCUT2D eigenvalue weighted by atomic mass is 32.2. The molecule has 0 unspecified atom stereocenters. The highest BCUT2D eigenvalue weighted by Crippen LogP contribution is 2.32. The number of fused-ring (bicyclic) bond motifs is 1. The van der Waals surface area contributed by atoms with Crippen LogP contribution in [0, 0.1) is 0 Å². The molecule has 3 atom stereocenters. The Kier molecular flexibility index (Phi) is 4.56. The van der Waals surface area contributed by atoms with Crippen molar-refractivity contribution in [2.75, 3.05) is 12.3 Å². The predicted octanol–water partition coefficient (Wildman–Crippen LogP) is 1.32. The van der Waals surface area contributed by atoms with Crippen LogP contribution in [0.15, 0.2) is 0 Å². The Morgan fingerprint density at radius 1 is 1.41 bits per heavy atom. The van der Waals surface area contributed by atoms with Crippen molar-refractivity contribution in [1.82, 2.24) is 16.0 Å². The van der Waals surface area contributed by atoms with Crippen molar-refractivity contribution in [2.24, 2.45) is 0 Å². The van der Waals surface area contributed by atoms with Crippen LogP contribution >= 0.6 is 11.8 Å². The van der Waals surface area contributed by atoms with Crippen molar-refractivity contribution in [2.45, 2.75) is 56.5 Å². The zero-order chi connectivity index (χ0) is 12.3. The van der Waals surface area contributed by atoms with Crippen molar-refractivity contribution in [3.63, 3.8) is 0 Å². The van der Waals surface area contributed by atoms with Crippen LogP contribution in [0.25, 0.3) is 0 Å². The standard InChI is InChI=1S/C12H23N3OS/c1-8(2)13-6-4-3-5-10-11-9(7-17-10)14-12(16)15-11/h8-11,13H,3-7H2,1-2H3,(H2,14,15,16)/t9-,10-,11-/m0/s1. The van der Waals surface area contributed by atoms with Crippen LogP contribution in [-0.2, 0) is 0 Å². The van der Waals surface area contributed by atoms with E-state index < -0.39 is 0 Å². The van der Waals surface area contributed by atoms with Crippen LogP contribution in [0.2, 0.25) is 0 Å². The maximum absolute atomic E-state index is 11.2. The number of carbonyl (C=O) groups excluding carboxylic acids is 1. The average Bonchev–Trinajstić information content (AvgIpc) is 2.77. The number of urea groups is 1. The lowest BCUT2D eigenvalue weighted by Crippen LogP contribution is -2.36. The lowest BCUT2D eigenvalue weighted by Gasteiger charge is -2.16. The maximum atomic E-state index is 11.2. The van der Waals surface area contributed by atoms with Gasteiger partial charge in [0.25, 0.3) is 0 Å². The molecule has 4 nitrogen and oxygen atoms in total. The van der Waals surface area contributed by atoms with Crippen molar-refractivity contribution >= 4 is 17.8 Å². The van der Waals surface area contributed by atoms with Crippen LogP contribution in [0.1, 0.15) is 33.1 Å². The maximum Gasteiger partial charge on any atom is 0.315 e. The fourth-order valence-corrected chi connectivity index (χ4v) is 4.05. The van der Waals surface area contributed by atoms with Gasteiger partial charge < -0.3 is 16.0 Å². The van der Waals surface area contributed by atoms with Crippen LogP contribution in [-0.4, -0.2) is 41.7 Å². The third kappa shape index (κ3) is 3.52. The summed E-state index contributed by atoms with van der Waals surface area (Å²) in [5.74, 6) is 1.07. The molecule has 2 aliphatic heterocycles. The normalized spacial score (nSPS) is 31.5. The molecule has 0 bridgehead atoms. The Morgan fingerprint density at radius 3 is 3.00 bits per heavy atom. The molecule has 2 fully saturated rings. The molecule has 2 saturated heterocycles. The van der Waals surface area contributed by atoms with Gasteiger partial charge in [0.2, 0.25) is 0 Å². The molecule has 0 aromatic heterocycles. The SMILES string of the molecule is CC(C)NCCCC[C@@H]1SC[C@@H]2NC(=O)N[C@@H]21. The quantitative estimate of drug-likeness (QED) is 0.497. The summed E-state index contributed by atoms with van der Waals surface area (Å²) in [6.07, 6.45) is 3.69. The Labute approximate surface area is 108 Å². The number of nitrogens with one attached hydrogen (secondary N) is 3. The summed E-state index contributed by atoms with van der Waals surface area (Å²) < 4.78 is 0. The fraction of sp³-hybridized carbons (Fsp3) is 0.917. The van der Waals surface area contributed by atoms with Gasteiger partial charge in [0.15, 0.2) is 0 Å². The second kappa shape index (κ2) is 5.96. The van der Waals surface area contributed by atoms with E-state index in [2.05, 4.69) is 29.8 Å². The first-order chi connectivity index (χ1) is 8.16. The van der Waals surface area contributed by atoms with Gasteiger partial charge in [-0.25, -0.2) is 4.79 Å². The molecule has 0 radical (unpaired) electrons. The predicted molar refractivity (Wildman–Crippen MR) is 72.5 cm³/mol. The highest BCUT2D eigenvalue weighted by Gasteiger charge is 2.42. The summed E-state index contributed by atoms with van der Waals surface area (Å²) in [6, 6.07) is 1.34. The summed E-state index contributed by atoms with van der Waals surface area (Å²) in [4.78, 5) is 11.2. The molecule has 98 valence electrons. The van der Waals surface area contributed by atoms with E-state index in [0.717, 1.165) is 12.3 Å². The zero-order valence-electron chi connectivity index (χ0n) is 10.7. The van der Waals surface area contributed by atoms with Crippen molar-refractivity contribution in [1.29, 1.82) is 0 Å². The molecule has 2 heterocycles. The van der Waals surface area contributed by atoms with E-state index >= 15 is 0 Å². The van der Waals surface area contributed by atoms with E-state index in [1.54, 1.807) is 0 Å². The van der Waals surface area contributed by atoms with Crippen molar-refractivity contribution < 1.29 is 4.79 Å². The smallest absolute Gasteiger partial charge is 0.315 e. The fourth-order valence-electron chi connectivity index (χ4n) is 2.50. The van der Waals surface area contributed by atoms with E-state index in [-0.39, 0.29) is 6.03 Å². The van der Waals surface area contributed by atoms with Crippen LogP contribution in [0.5, 0.6) is 0 Å². The number of hydrogen-bond donors (Lipinski definition) is 3. The van der Waals surface area contributed by atoms with Crippen LogP contribution in [0.3, 0.4) is 0 Å². The topological polar surface area (TPSA) is 53.2 Å². The second-order valence-electron chi connectivity index (χ2n) is 5.23. The molecule has 0 aromatic carbocycles. The van der Waals surface area contributed by atoms with Crippen molar-refractivity contribution in [3.8, 4) is 0 Å². The van der Waals surface area contributed by atoms with E-state index in [0.29, 0.717) is 23.4 Å². The van der Waals surface area contributed by atoms with Crippen LogP contribution < -0.4 is 16.0 Å². The number of carbonyl (C=O) groups is 1. The first-order valence-electron chi connectivity index (χ1n) is 6.59. The van der Waals surface area contributed by atoms with Gasteiger partial charge in [-0.3, -0.25) is 0 Å². The zero-order valence-corrected chi connectivity index (χ0v) is 11.5. The van der Waals surface area contributed by atoms with E-state index in [1.165, 1.54) is 19.3 Å². The molecule has 2 aliphatic rings. The number of rotatable bonds is 6. The third-order valence-corrected chi connectivity index (χ3v) is 4.91. The number of unbranched alkanes of at least 4 members (excludes halogenated alkanes) is 1. The summed E-state index contributed by atoms with van der Waals surface area (Å²) >= 11 is 2.00. The lowest BCUT2D eigenvalue weighted by molar-refractivity contribution is 0.247. The Bertz CT molecular complexity index is 272. The lowest BCUT2D eigenvalue weighted by atomic mass is 10.0. The van der Waals surface area contributed by atoms with Crippen LogP contribution in [0.4, 0.5) is 4.79 Å². The Hall–Kier alpha value is -0.420. The molecule has 5 heteroatoms. The minimum absolute atomic E-state index is 0.0202. The monoisotopic (exact) mass is 257 g/mol. The van der Waals surface area contributed by atoms with E-state index in [1.807, 2.05) is 11.8 Å². The molecule has 17 heavy (non-hydrogen) atoms. The molecule has 0 aliphatic carbocycles. The highest BCUT2D eigenvalue weighted by molar-refractivity contribution is 8.00. The van der Waals surface area contributed by atoms with Crippen molar-refractivity contribution in [3.05, 3.63) is 0 Å². The van der Waals surface area contributed by atoms with Gasteiger partial charge in [-0.1, -0.05) is 20.3 Å². The molecular weight excluding hydrogens is 234 g/mol. The Balaban J connectivity index is 1.62. The van der Waals surface area contributed by atoms with Gasteiger partial charge in [0, 0.05) is 17.0 Å². The Morgan fingerprint density at radius 2 is 2.24 bits per heavy atom. The van der Waals surface area contributed by atoms with E-state index in [4.69, 9.17) is 0 Å². The molecule has 0 saturated carbocycles. The molecule has 3 N–H and O–H groups in total. The first-order valence-corrected chi connectivity index (χ1v) is 7.63. The molecule has 0 aromatic rings. The third-order valence-electron chi connectivity index (χ3n) is 3.41. The summed E-state index contributed by atoms with van der Waals surface area (Å²) in [5.41, 5.74) is 0. The summed E-state index contributed by atoms with van der Waals surface area (Å²) in [5, 5.41) is 10.1. The minimum Gasteiger partial charge on any atom is -0.332 e. The molecular formula is C12H23N3OS. The number of thioether (sulfide) groups is 1. The number of amides is 2. The van der Waals surface area contributed by atoms with Gasteiger partial charge in [0.1, 0.15) is 0 Å². The molecule has 0 spiro atoms. The van der Waals surface area contributed by atoms with E-state index in [9.17, 15) is 4.79 Å². The van der Waals surface area contributed by atoms with Gasteiger partial charge in [0.05, 0.1) is 12.1 Å². The van der Waals surface area contributed by atoms with Gasteiger partial charge in [-0.15, -0.1) is 0 Å². The van der Waals surface area contributed by atoms with Gasteiger partial charge in [-0.05, 0) is 19.4 Å². The van der Waals surface area contributed by atoms with Gasteiger partial charge >= 0.3 is 6.03 Å². The average molecular weight is 257 g/mol. The second-order valence-corrected chi connectivity index (χ2v) is 6.50. The number of hydrogen-bond acceptors (Lipinski definition) is 3. The molecule has 2 amide bonds. The first kappa shape index (κ1) is 13.0. The minimum atomic E-state index is 0.0202. The summed E-state index contributed by atoms with van der Waals surface area (Å²) in [6.45, 7) is 5.46. The summed E-state index contributed by atoms with van der Waals surface area (Å²) in [7, 11) is 0. The largest absolute Gasteiger partial charge is 0.332 e. The van der Waals surface area contributed by atoms with Gasteiger partial charge in [-0.2, -0.15) is 11.8 Å². The molecule has 2 rings (SSSR count).